The molecule has 25 heavy (non-hydrogen) atoms. The molecule has 0 radical (unpaired) electrons. The largest absolute Gasteiger partial charge is 0.459 e. The van der Waals surface area contributed by atoms with Crippen LogP contribution < -0.4 is 16.0 Å². The van der Waals surface area contributed by atoms with E-state index in [9.17, 15) is 9.59 Å². The van der Waals surface area contributed by atoms with Gasteiger partial charge in [-0.05, 0) is 54.6 Å². The molecule has 0 aliphatic rings. The average molecular weight is 335 g/mol. The first-order valence-corrected chi connectivity index (χ1v) is 7.70. The van der Waals surface area contributed by atoms with Crippen LogP contribution in [0.1, 0.15) is 17.5 Å². The molecule has 0 unspecified atom stereocenters. The summed E-state index contributed by atoms with van der Waals surface area (Å²) in [4.78, 5) is 23.0. The fourth-order valence-corrected chi connectivity index (χ4v) is 2.28. The number of carbonyl (C=O) groups excluding carboxylic acids is 2. The van der Waals surface area contributed by atoms with E-state index in [0.29, 0.717) is 5.69 Å². The Bertz CT molecular complexity index is 871. The van der Waals surface area contributed by atoms with E-state index in [2.05, 4.69) is 16.0 Å². The third-order valence-corrected chi connectivity index (χ3v) is 3.36. The number of nitrogens with one attached hydrogen (secondary N) is 3. The molecule has 0 aliphatic carbocycles. The van der Waals surface area contributed by atoms with E-state index in [4.69, 9.17) is 4.42 Å². The molecule has 6 heteroatoms. The Morgan fingerprint density at radius 2 is 1.52 bits per heavy atom. The van der Waals surface area contributed by atoms with Gasteiger partial charge >= 0.3 is 0 Å². The lowest BCUT2D eigenvalue weighted by molar-refractivity contribution is -0.114. The van der Waals surface area contributed by atoms with Gasteiger partial charge in [-0.25, -0.2) is 0 Å². The number of amides is 2. The monoisotopic (exact) mass is 335 g/mol. The minimum absolute atomic E-state index is 0.117. The Balaban J connectivity index is 1.64. The molecule has 0 spiro atoms. The van der Waals surface area contributed by atoms with Crippen LogP contribution in [0.5, 0.6) is 0 Å². The van der Waals surface area contributed by atoms with Crippen molar-refractivity contribution in [2.24, 2.45) is 0 Å². The summed E-state index contributed by atoms with van der Waals surface area (Å²) in [6.45, 7) is 1.47. The van der Waals surface area contributed by atoms with Crippen molar-refractivity contribution in [1.82, 2.24) is 0 Å². The van der Waals surface area contributed by atoms with Gasteiger partial charge in [0, 0.05) is 29.7 Å². The first-order valence-electron chi connectivity index (χ1n) is 7.70. The van der Waals surface area contributed by atoms with Gasteiger partial charge in [-0.15, -0.1) is 0 Å². The fraction of sp³-hybridized carbons (Fsp3) is 0.0526. The number of benzene rings is 2. The van der Waals surface area contributed by atoms with Crippen LogP contribution >= 0.6 is 0 Å². The number of hydrogen-bond acceptors (Lipinski definition) is 4. The number of anilines is 4. The summed E-state index contributed by atoms with van der Waals surface area (Å²) in [5.74, 6) is -0.153. The molecular weight excluding hydrogens is 318 g/mol. The van der Waals surface area contributed by atoms with Gasteiger partial charge in [-0.3, -0.25) is 9.59 Å². The highest BCUT2D eigenvalue weighted by Gasteiger charge is 2.08. The molecule has 3 N–H and O–H groups in total. The van der Waals surface area contributed by atoms with Crippen molar-refractivity contribution in [1.29, 1.82) is 0 Å². The Kier molecular flexibility index (Phi) is 4.80. The highest BCUT2D eigenvalue weighted by atomic mass is 16.3. The zero-order valence-corrected chi connectivity index (χ0v) is 13.6. The van der Waals surface area contributed by atoms with Gasteiger partial charge in [0.05, 0.1) is 6.26 Å². The molecule has 3 aromatic rings. The number of carbonyl (C=O) groups is 2. The van der Waals surface area contributed by atoms with Crippen LogP contribution in [-0.4, -0.2) is 11.8 Å². The summed E-state index contributed by atoms with van der Waals surface area (Å²) in [5, 5.41) is 8.74. The van der Waals surface area contributed by atoms with E-state index in [1.807, 2.05) is 36.4 Å². The van der Waals surface area contributed by atoms with Crippen LogP contribution in [0.15, 0.2) is 71.3 Å². The summed E-state index contributed by atoms with van der Waals surface area (Å²) < 4.78 is 5.05. The summed E-state index contributed by atoms with van der Waals surface area (Å²) in [6.07, 6.45) is 1.46. The molecule has 1 heterocycles. The second kappa shape index (κ2) is 7.35. The maximum absolute atomic E-state index is 11.9. The van der Waals surface area contributed by atoms with E-state index in [1.54, 1.807) is 24.3 Å². The maximum Gasteiger partial charge on any atom is 0.291 e. The Hall–Kier alpha value is -3.54. The lowest BCUT2D eigenvalue weighted by Gasteiger charge is -2.10. The summed E-state index contributed by atoms with van der Waals surface area (Å²) in [6, 6.07) is 18.0. The summed E-state index contributed by atoms with van der Waals surface area (Å²) >= 11 is 0. The first kappa shape index (κ1) is 16.3. The molecule has 126 valence electrons. The normalized spacial score (nSPS) is 10.1. The second-order valence-electron chi connectivity index (χ2n) is 5.40. The molecule has 0 saturated carbocycles. The topological polar surface area (TPSA) is 83.4 Å². The fourth-order valence-electron chi connectivity index (χ4n) is 2.28. The van der Waals surface area contributed by atoms with Crippen LogP contribution in [0.25, 0.3) is 0 Å². The van der Waals surface area contributed by atoms with Crippen molar-refractivity contribution in [3.8, 4) is 0 Å². The zero-order valence-electron chi connectivity index (χ0n) is 13.6. The van der Waals surface area contributed by atoms with E-state index >= 15 is 0 Å². The lowest BCUT2D eigenvalue weighted by Crippen LogP contribution is -2.10. The van der Waals surface area contributed by atoms with Crippen molar-refractivity contribution in [3.05, 3.63) is 72.7 Å². The van der Waals surface area contributed by atoms with Gasteiger partial charge < -0.3 is 20.4 Å². The summed E-state index contributed by atoms with van der Waals surface area (Å²) in [5.41, 5.74) is 3.09. The highest BCUT2D eigenvalue weighted by molar-refractivity contribution is 6.02. The smallest absolute Gasteiger partial charge is 0.291 e. The van der Waals surface area contributed by atoms with E-state index in [0.717, 1.165) is 17.1 Å². The standard InChI is InChI=1S/C19H17N3O3/c1-13(23)20-16-4-2-5-17(12-16)21-14-7-9-15(10-8-14)22-19(24)18-6-3-11-25-18/h2-12,21H,1H3,(H,20,23)(H,22,24). The van der Waals surface area contributed by atoms with Crippen LogP contribution in [0.4, 0.5) is 22.7 Å². The third-order valence-electron chi connectivity index (χ3n) is 3.36. The van der Waals surface area contributed by atoms with Gasteiger partial charge in [-0.1, -0.05) is 6.07 Å². The number of rotatable bonds is 5. The molecule has 0 saturated heterocycles. The minimum atomic E-state index is -0.297. The van der Waals surface area contributed by atoms with E-state index < -0.39 is 0 Å². The molecule has 2 aromatic carbocycles. The van der Waals surface area contributed by atoms with E-state index in [-0.39, 0.29) is 17.6 Å². The molecule has 0 bridgehead atoms. The third kappa shape index (κ3) is 4.48. The SMILES string of the molecule is CC(=O)Nc1cccc(Nc2ccc(NC(=O)c3ccco3)cc2)c1. The molecule has 2 amide bonds. The second-order valence-corrected chi connectivity index (χ2v) is 5.40. The van der Waals surface area contributed by atoms with Crippen LogP contribution in [0, 0.1) is 0 Å². The molecule has 0 aliphatic heterocycles. The lowest BCUT2D eigenvalue weighted by atomic mass is 10.2. The van der Waals surface area contributed by atoms with Crippen molar-refractivity contribution in [2.75, 3.05) is 16.0 Å². The molecular formula is C19H17N3O3. The Morgan fingerprint density at radius 3 is 2.20 bits per heavy atom. The number of furan rings is 1. The minimum Gasteiger partial charge on any atom is -0.459 e. The first-order chi connectivity index (χ1) is 12.1. The number of hydrogen-bond donors (Lipinski definition) is 3. The molecule has 1 aromatic heterocycles. The van der Waals surface area contributed by atoms with Crippen LogP contribution in [0.3, 0.4) is 0 Å². The average Bonchev–Trinajstić information content (AvgIpc) is 3.11. The zero-order chi connectivity index (χ0) is 17.6. The predicted octanol–water partition coefficient (Wildman–Crippen LogP) is 4.23. The Morgan fingerprint density at radius 1 is 0.800 bits per heavy atom. The Labute approximate surface area is 144 Å². The van der Waals surface area contributed by atoms with Crippen molar-refractivity contribution in [2.45, 2.75) is 6.92 Å². The van der Waals surface area contributed by atoms with Gasteiger partial charge in [0.2, 0.25) is 5.91 Å². The van der Waals surface area contributed by atoms with Crippen LogP contribution in [0.2, 0.25) is 0 Å². The van der Waals surface area contributed by atoms with Gasteiger partial charge in [-0.2, -0.15) is 0 Å². The van der Waals surface area contributed by atoms with Crippen molar-refractivity contribution >= 4 is 34.6 Å². The molecule has 0 fully saturated rings. The van der Waals surface area contributed by atoms with Crippen molar-refractivity contribution in [3.63, 3.8) is 0 Å². The molecule has 0 atom stereocenters. The predicted molar refractivity (Wildman–Crippen MR) is 97.1 cm³/mol. The van der Waals surface area contributed by atoms with Crippen molar-refractivity contribution < 1.29 is 14.0 Å². The molecule has 3 rings (SSSR count). The van der Waals surface area contributed by atoms with Gasteiger partial charge in [0.1, 0.15) is 0 Å². The quantitative estimate of drug-likeness (QED) is 0.651. The van der Waals surface area contributed by atoms with Gasteiger partial charge in [0.15, 0.2) is 5.76 Å². The van der Waals surface area contributed by atoms with Crippen LogP contribution in [-0.2, 0) is 4.79 Å². The maximum atomic E-state index is 11.9. The molecule has 6 nitrogen and oxygen atoms in total. The van der Waals surface area contributed by atoms with Gasteiger partial charge in [0.25, 0.3) is 5.91 Å². The highest BCUT2D eigenvalue weighted by Crippen LogP contribution is 2.22. The summed E-state index contributed by atoms with van der Waals surface area (Å²) in [7, 11) is 0. The van der Waals surface area contributed by atoms with E-state index in [1.165, 1.54) is 13.2 Å².